The molecule has 6 heteroatoms. The van der Waals surface area contributed by atoms with Gasteiger partial charge in [-0.1, -0.05) is 20.8 Å². The smallest absolute Gasteiger partial charge is 0.315 e. The number of amides is 2. The molecule has 0 saturated heterocycles. The molecule has 118 valence electrons. The molecule has 0 aliphatic carbocycles. The average molecular weight is 312 g/mol. The van der Waals surface area contributed by atoms with Gasteiger partial charge in [-0.3, -0.25) is 4.79 Å². The van der Waals surface area contributed by atoms with Crippen LogP contribution < -0.4 is 10.6 Å². The van der Waals surface area contributed by atoms with Crippen LogP contribution in [0.2, 0.25) is 0 Å². The Hall–Kier alpha value is -1.56. The Morgan fingerprint density at radius 3 is 2.38 bits per heavy atom. The van der Waals surface area contributed by atoms with Crippen molar-refractivity contribution in [2.24, 2.45) is 5.41 Å². The molecule has 0 fully saturated rings. The van der Waals surface area contributed by atoms with Crippen LogP contribution in [-0.2, 0) is 11.3 Å². The molecule has 0 aliphatic heterocycles. The van der Waals surface area contributed by atoms with Crippen LogP contribution in [0.5, 0.6) is 0 Å². The van der Waals surface area contributed by atoms with Crippen molar-refractivity contribution in [1.82, 2.24) is 10.6 Å². The van der Waals surface area contributed by atoms with E-state index in [0.717, 1.165) is 4.88 Å². The molecule has 1 aromatic heterocycles. The molecule has 0 bridgehead atoms. The van der Waals surface area contributed by atoms with Crippen LogP contribution in [0.1, 0.15) is 42.5 Å². The molecule has 0 saturated carbocycles. The van der Waals surface area contributed by atoms with Gasteiger partial charge in [0.1, 0.15) is 0 Å². The van der Waals surface area contributed by atoms with E-state index in [4.69, 9.17) is 5.11 Å². The van der Waals surface area contributed by atoms with Gasteiger partial charge >= 0.3 is 12.0 Å². The number of rotatable bonds is 5. The van der Waals surface area contributed by atoms with Crippen LogP contribution in [0.3, 0.4) is 0 Å². The Morgan fingerprint density at radius 1 is 1.33 bits per heavy atom. The Bertz CT molecular complexity index is 498. The Kier molecular flexibility index (Phi) is 5.78. The van der Waals surface area contributed by atoms with E-state index in [1.54, 1.807) is 11.3 Å². The van der Waals surface area contributed by atoms with Gasteiger partial charge in [0.2, 0.25) is 0 Å². The van der Waals surface area contributed by atoms with Crippen LogP contribution in [0, 0.1) is 19.3 Å². The topological polar surface area (TPSA) is 78.4 Å². The SMILES string of the molecule is Cc1cc(CNC(=O)NC(CC(=O)O)C(C)(C)C)sc1C. The van der Waals surface area contributed by atoms with Gasteiger partial charge in [0.15, 0.2) is 0 Å². The van der Waals surface area contributed by atoms with E-state index in [-0.39, 0.29) is 17.9 Å². The molecule has 1 atom stereocenters. The number of carboxylic acids is 1. The average Bonchev–Trinajstić information content (AvgIpc) is 2.64. The van der Waals surface area contributed by atoms with Gasteiger partial charge in [-0.25, -0.2) is 4.79 Å². The summed E-state index contributed by atoms with van der Waals surface area (Å²) in [6, 6.07) is 1.31. The van der Waals surface area contributed by atoms with E-state index in [1.165, 1.54) is 10.4 Å². The van der Waals surface area contributed by atoms with Gasteiger partial charge in [-0.15, -0.1) is 11.3 Å². The molecule has 0 radical (unpaired) electrons. The summed E-state index contributed by atoms with van der Waals surface area (Å²) in [5.74, 6) is -0.917. The summed E-state index contributed by atoms with van der Waals surface area (Å²) in [5, 5.41) is 14.5. The van der Waals surface area contributed by atoms with Crippen molar-refractivity contribution in [2.75, 3.05) is 0 Å². The molecule has 1 heterocycles. The monoisotopic (exact) mass is 312 g/mol. The number of aryl methyl sites for hydroxylation is 2. The third-order valence-corrected chi connectivity index (χ3v) is 4.52. The van der Waals surface area contributed by atoms with E-state index in [9.17, 15) is 9.59 Å². The van der Waals surface area contributed by atoms with Gasteiger partial charge in [0.25, 0.3) is 0 Å². The van der Waals surface area contributed by atoms with Crippen molar-refractivity contribution in [2.45, 2.75) is 53.6 Å². The third kappa shape index (κ3) is 5.75. The second-order valence-corrected chi connectivity index (χ2v) is 7.64. The van der Waals surface area contributed by atoms with Gasteiger partial charge in [0.05, 0.1) is 13.0 Å². The molecule has 1 rings (SSSR count). The first-order valence-electron chi connectivity index (χ1n) is 6.91. The van der Waals surface area contributed by atoms with Crippen LogP contribution in [0.15, 0.2) is 6.07 Å². The summed E-state index contributed by atoms with van der Waals surface area (Å²) >= 11 is 1.65. The summed E-state index contributed by atoms with van der Waals surface area (Å²) in [7, 11) is 0. The highest BCUT2D eigenvalue weighted by Crippen LogP contribution is 2.22. The molecule has 5 nitrogen and oxygen atoms in total. The largest absolute Gasteiger partial charge is 0.481 e. The van der Waals surface area contributed by atoms with E-state index in [1.807, 2.05) is 34.6 Å². The first-order valence-corrected chi connectivity index (χ1v) is 7.73. The summed E-state index contributed by atoms with van der Waals surface area (Å²) in [6.07, 6.45) is -0.0891. The van der Waals surface area contributed by atoms with Crippen molar-refractivity contribution < 1.29 is 14.7 Å². The first kappa shape index (κ1) is 17.5. The number of urea groups is 1. The molecule has 0 aromatic carbocycles. The normalized spacial score (nSPS) is 12.8. The second-order valence-electron chi connectivity index (χ2n) is 6.30. The Labute approximate surface area is 129 Å². The molecule has 21 heavy (non-hydrogen) atoms. The third-order valence-electron chi connectivity index (χ3n) is 3.37. The lowest BCUT2D eigenvalue weighted by molar-refractivity contribution is -0.138. The minimum atomic E-state index is -0.917. The number of thiophene rings is 1. The van der Waals surface area contributed by atoms with Crippen LogP contribution in [0.25, 0.3) is 0 Å². The molecule has 0 aliphatic rings. The number of nitrogens with one attached hydrogen (secondary N) is 2. The Morgan fingerprint density at radius 2 is 1.95 bits per heavy atom. The van der Waals surface area contributed by atoms with Crippen LogP contribution in [0.4, 0.5) is 4.79 Å². The number of carbonyl (C=O) groups is 2. The van der Waals surface area contributed by atoms with E-state index in [2.05, 4.69) is 16.7 Å². The summed E-state index contributed by atoms with van der Waals surface area (Å²) in [5.41, 5.74) is 0.905. The Balaban J connectivity index is 2.56. The van der Waals surface area contributed by atoms with E-state index >= 15 is 0 Å². The molecule has 0 spiro atoms. The van der Waals surface area contributed by atoms with Gasteiger partial charge in [-0.2, -0.15) is 0 Å². The molecule has 1 unspecified atom stereocenters. The number of hydrogen-bond acceptors (Lipinski definition) is 3. The fraction of sp³-hybridized carbons (Fsp3) is 0.600. The van der Waals surface area contributed by atoms with Crippen LogP contribution >= 0.6 is 11.3 Å². The first-order chi connectivity index (χ1) is 9.59. The quantitative estimate of drug-likeness (QED) is 0.782. The number of carbonyl (C=O) groups excluding carboxylic acids is 1. The highest BCUT2D eigenvalue weighted by atomic mass is 32.1. The van der Waals surface area contributed by atoms with Crippen molar-refractivity contribution >= 4 is 23.3 Å². The lowest BCUT2D eigenvalue weighted by atomic mass is 9.85. The minimum Gasteiger partial charge on any atom is -0.481 e. The highest BCUT2D eigenvalue weighted by Gasteiger charge is 2.28. The fourth-order valence-electron chi connectivity index (χ4n) is 1.86. The molecular formula is C15H24N2O3S. The highest BCUT2D eigenvalue weighted by molar-refractivity contribution is 7.12. The zero-order valence-corrected chi connectivity index (χ0v) is 14.1. The van der Waals surface area contributed by atoms with E-state index in [0.29, 0.717) is 6.54 Å². The maximum atomic E-state index is 11.9. The fourth-order valence-corrected chi connectivity index (χ4v) is 2.86. The summed E-state index contributed by atoms with van der Waals surface area (Å²) in [4.78, 5) is 25.2. The van der Waals surface area contributed by atoms with Gasteiger partial charge in [-0.05, 0) is 30.9 Å². The molecule has 3 N–H and O–H groups in total. The lowest BCUT2D eigenvalue weighted by Gasteiger charge is -2.30. The number of hydrogen-bond donors (Lipinski definition) is 3. The van der Waals surface area contributed by atoms with Crippen LogP contribution in [-0.4, -0.2) is 23.1 Å². The molecular weight excluding hydrogens is 288 g/mol. The predicted molar refractivity (Wildman–Crippen MR) is 84.7 cm³/mol. The maximum Gasteiger partial charge on any atom is 0.315 e. The van der Waals surface area contributed by atoms with Crippen molar-refractivity contribution in [3.8, 4) is 0 Å². The maximum absolute atomic E-state index is 11.9. The summed E-state index contributed by atoms with van der Waals surface area (Å²) < 4.78 is 0. The van der Waals surface area contributed by atoms with Gasteiger partial charge < -0.3 is 15.7 Å². The number of carboxylic acid groups (broad SMARTS) is 1. The zero-order chi connectivity index (χ0) is 16.2. The van der Waals surface area contributed by atoms with Crippen molar-refractivity contribution in [3.05, 3.63) is 21.4 Å². The number of aliphatic carboxylic acids is 1. The van der Waals surface area contributed by atoms with Gasteiger partial charge in [0, 0.05) is 15.8 Å². The molecule has 2 amide bonds. The summed E-state index contributed by atoms with van der Waals surface area (Å²) in [6.45, 7) is 10.3. The predicted octanol–water partition coefficient (Wildman–Crippen LogP) is 3.05. The van der Waals surface area contributed by atoms with E-state index < -0.39 is 12.0 Å². The zero-order valence-electron chi connectivity index (χ0n) is 13.2. The minimum absolute atomic E-state index is 0.0891. The molecule has 1 aromatic rings. The van der Waals surface area contributed by atoms with Crippen molar-refractivity contribution in [1.29, 1.82) is 0 Å². The second kappa shape index (κ2) is 6.93. The standard InChI is InChI=1S/C15H24N2O3S/c1-9-6-11(21-10(9)2)8-16-14(20)17-12(7-13(18)19)15(3,4)5/h6,12H,7-8H2,1-5H3,(H,18,19)(H2,16,17,20). The van der Waals surface area contributed by atoms with Crippen molar-refractivity contribution in [3.63, 3.8) is 0 Å². The lowest BCUT2D eigenvalue weighted by Crippen LogP contribution is -2.48.